The quantitative estimate of drug-likeness (QED) is 0.390. The zero-order valence-corrected chi connectivity index (χ0v) is 19.9. The third kappa shape index (κ3) is 3.96. The van der Waals surface area contributed by atoms with Crippen molar-refractivity contribution in [2.75, 3.05) is 18.9 Å². The van der Waals surface area contributed by atoms with Gasteiger partial charge in [-0.3, -0.25) is 4.72 Å². The van der Waals surface area contributed by atoms with E-state index in [1.54, 1.807) is 26.0 Å². The number of methoxy groups -OCH3 is 2. The van der Waals surface area contributed by atoms with Crippen molar-refractivity contribution in [3.8, 4) is 0 Å². The Labute approximate surface area is 192 Å². The number of hydrogen-bond donors (Lipinski definition) is 1. The Kier molecular flexibility index (Phi) is 5.90. The summed E-state index contributed by atoms with van der Waals surface area (Å²) < 4.78 is 45.8. The van der Waals surface area contributed by atoms with Crippen LogP contribution in [0.15, 0.2) is 51.8 Å². The van der Waals surface area contributed by atoms with Crippen LogP contribution >= 0.6 is 0 Å². The van der Waals surface area contributed by atoms with Gasteiger partial charge in [-0.2, -0.15) is 0 Å². The Hall–Kier alpha value is -3.36. The van der Waals surface area contributed by atoms with Gasteiger partial charge in [0.25, 0.3) is 10.0 Å². The van der Waals surface area contributed by atoms with E-state index in [9.17, 15) is 13.2 Å². The van der Waals surface area contributed by atoms with E-state index in [1.807, 2.05) is 37.3 Å². The van der Waals surface area contributed by atoms with Gasteiger partial charge in [-0.25, -0.2) is 13.2 Å². The van der Waals surface area contributed by atoms with Crippen LogP contribution in [-0.4, -0.2) is 28.6 Å². The number of benzene rings is 3. The summed E-state index contributed by atoms with van der Waals surface area (Å²) in [5, 5.41) is 1.75. The van der Waals surface area contributed by atoms with E-state index in [0.717, 1.165) is 5.56 Å². The minimum absolute atomic E-state index is 0.0657. The van der Waals surface area contributed by atoms with Crippen LogP contribution in [0.4, 0.5) is 5.69 Å². The maximum absolute atomic E-state index is 13.5. The van der Waals surface area contributed by atoms with Gasteiger partial charge in [0.15, 0.2) is 0 Å². The SMILES string of the molecule is COCc1oc2c(cc(NS(=O)(=O)c3c(C)cc(C)cc3C)c3ccccc32)c1C(=O)OC. The number of ether oxygens (including phenoxy) is 2. The Morgan fingerprint density at radius 3 is 2.21 bits per heavy atom. The number of anilines is 1. The van der Waals surface area contributed by atoms with E-state index < -0.39 is 16.0 Å². The number of carbonyl (C=O) groups excluding carboxylic acids is 1. The molecule has 0 fully saturated rings. The minimum Gasteiger partial charge on any atom is -0.465 e. The lowest BCUT2D eigenvalue weighted by atomic mass is 10.0. The fourth-order valence-electron chi connectivity index (χ4n) is 4.40. The molecule has 0 aliphatic heterocycles. The van der Waals surface area contributed by atoms with Gasteiger partial charge in [-0.05, 0) is 38.0 Å². The van der Waals surface area contributed by atoms with Gasteiger partial charge in [0.05, 0.1) is 17.7 Å². The predicted octanol–water partition coefficient (Wildman–Crippen LogP) is 5.25. The largest absolute Gasteiger partial charge is 0.465 e. The molecule has 0 amide bonds. The number of esters is 1. The van der Waals surface area contributed by atoms with Crippen molar-refractivity contribution in [3.05, 3.63) is 70.5 Å². The molecule has 8 heteroatoms. The summed E-state index contributed by atoms with van der Waals surface area (Å²) in [4.78, 5) is 12.8. The van der Waals surface area contributed by atoms with Crippen molar-refractivity contribution in [1.29, 1.82) is 0 Å². The van der Waals surface area contributed by atoms with Gasteiger partial charge in [0.1, 0.15) is 23.5 Å². The molecular formula is C25H25NO6S. The molecule has 172 valence electrons. The van der Waals surface area contributed by atoms with Gasteiger partial charge < -0.3 is 13.9 Å². The summed E-state index contributed by atoms with van der Waals surface area (Å²) in [6.07, 6.45) is 0. The zero-order chi connectivity index (χ0) is 23.9. The molecule has 33 heavy (non-hydrogen) atoms. The first-order chi connectivity index (χ1) is 15.7. The highest BCUT2D eigenvalue weighted by Gasteiger charge is 2.26. The van der Waals surface area contributed by atoms with Gasteiger partial charge in [-0.15, -0.1) is 0 Å². The van der Waals surface area contributed by atoms with Crippen LogP contribution in [0, 0.1) is 20.8 Å². The number of hydrogen-bond acceptors (Lipinski definition) is 6. The van der Waals surface area contributed by atoms with Crippen LogP contribution in [0.5, 0.6) is 0 Å². The first kappa shape index (κ1) is 22.8. The fraction of sp³-hybridized carbons (Fsp3) is 0.240. The highest BCUT2D eigenvalue weighted by atomic mass is 32.2. The molecule has 0 saturated heterocycles. The molecule has 1 aromatic heterocycles. The van der Waals surface area contributed by atoms with Crippen LogP contribution in [0.25, 0.3) is 21.7 Å². The van der Waals surface area contributed by atoms with E-state index in [2.05, 4.69) is 4.72 Å². The predicted molar refractivity (Wildman–Crippen MR) is 127 cm³/mol. The van der Waals surface area contributed by atoms with Crippen molar-refractivity contribution < 1.29 is 27.1 Å². The van der Waals surface area contributed by atoms with Crippen LogP contribution in [0.3, 0.4) is 0 Å². The maximum Gasteiger partial charge on any atom is 0.342 e. The summed E-state index contributed by atoms with van der Waals surface area (Å²) in [6, 6.07) is 12.6. The van der Waals surface area contributed by atoms with Gasteiger partial charge in [0.2, 0.25) is 0 Å². The topological polar surface area (TPSA) is 94.8 Å². The second-order valence-electron chi connectivity index (χ2n) is 8.00. The molecule has 0 aliphatic carbocycles. The van der Waals surface area contributed by atoms with E-state index in [0.29, 0.717) is 44.3 Å². The van der Waals surface area contributed by atoms with Crippen molar-refractivity contribution in [3.63, 3.8) is 0 Å². The van der Waals surface area contributed by atoms with E-state index >= 15 is 0 Å². The Morgan fingerprint density at radius 2 is 1.61 bits per heavy atom. The van der Waals surface area contributed by atoms with Gasteiger partial charge in [-0.1, -0.05) is 42.0 Å². The number of aryl methyl sites for hydroxylation is 3. The number of nitrogens with one attached hydrogen (secondary N) is 1. The molecule has 4 aromatic rings. The molecule has 0 atom stereocenters. The van der Waals surface area contributed by atoms with Crippen molar-refractivity contribution >= 4 is 43.4 Å². The lowest BCUT2D eigenvalue weighted by Crippen LogP contribution is -2.16. The number of fused-ring (bicyclic) bond motifs is 3. The smallest absolute Gasteiger partial charge is 0.342 e. The molecular weight excluding hydrogens is 442 g/mol. The molecule has 0 spiro atoms. The van der Waals surface area contributed by atoms with Gasteiger partial charge >= 0.3 is 5.97 Å². The number of rotatable bonds is 6. The normalized spacial score (nSPS) is 11.8. The molecule has 0 radical (unpaired) electrons. The number of furan rings is 1. The molecule has 1 N–H and O–H groups in total. The van der Waals surface area contributed by atoms with E-state index in [4.69, 9.17) is 13.9 Å². The molecule has 0 saturated carbocycles. The third-order valence-electron chi connectivity index (χ3n) is 5.55. The second-order valence-corrected chi connectivity index (χ2v) is 9.62. The maximum atomic E-state index is 13.5. The second kappa shape index (κ2) is 8.53. The summed E-state index contributed by atoms with van der Waals surface area (Å²) in [7, 11) is -1.13. The first-order valence-corrected chi connectivity index (χ1v) is 11.8. The lowest BCUT2D eigenvalue weighted by molar-refractivity contribution is 0.0594. The zero-order valence-electron chi connectivity index (χ0n) is 19.1. The van der Waals surface area contributed by atoms with Gasteiger partial charge in [0, 0.05) is 23.3 Å². The standard InChI is InChI=1S/C25H25NO6S/c1-14-10-15(2)24(16(3)11-14)33(28,29)26-20-12-19-22(25(27)31-5)21(13-30-4)32-23(19)18-9-7-6-8-17(18)20/h6-12,26H,13H2,1-5H3. The van der Waals surface area contributed by atoms with Crippen molar-refractivity contribution in [2.45, 2.75) is 32.3 Å². The monoisotopic (exact) mass is 467 g/mol. The lowest BCUT2D eigenvalue weighted by Gasteiger charge is -2.15. The van der Waals surface area contributed by atoms with E-state index in [1.165, 1.54) is 14.2 Å². The summed E-state index contributed by atoms with van der Waals surface area (Å²) >= 11 is 0. The van der Waals surface area contributed by atoms with Crippen LogP contribution in [0.1, 0.15) is 32.8 Å². The van der Waals surface area contributed by atoms with Crippen LogP contribution in [-0.2, 0) is 26.1 Å². The minimum atomic E-state index is -3.92. The number of sulfonamides is 1. The summed E-state index contributed by atoms with van der Waals surface area (Å²) in [6.45, 7) is 5.54. The molecule has 4 rings (SSSR count). The molecule has 0 bridgehead atoms. The molecule has 7 nitrogen and oxygen atoms in total. The Balaban J connectivity index is 1.99. The Bertz CT molecular complexity index is 1480. The van der Waals surface area contributed by atoms with Crippen LogP contribution < -0.4 is 4.72 Å². The average Bonchev–Trinajstić information content (AvgIpc) is 3.10. The van der Waals surface area contributed by atoms with E-state index in [-0.39, 0.29) is 17.1 Å². The number of carbonyl (C=O) groups is 1. The fourth-order valence-corrected chi connectivity index (χ4v) is 5.92. The summed E-state index contributed by atoms with van der Waals surface area (Å²) in [5.41, 5.74) is 3.32. The average molecular weight is 468 g/mol. The van der Waals surface area contributed by atoms with Crippen LogP contribution in [0.2, 0.25) is 0 Å². The Morgan fingerprint density at radius 1 is 0.970 bits per heavy atom. The summed E-state index contributed by atoms with van der Waals surface area (Å²) in [5.74, 6) is -0.273. The van der Waals surface area contributed by atoms with Crippen molar-refractivity contribution in [1.82, 2.24) is 0 Å². The highest BCUT2D eigenvalue weighted by molar-refractivity contribution is 7.92. The molecule has 0 unspecified atom stereocenters. The first-order valence-electron chi connectivity index (χ1n) is 10.3. The molecule has 1 heterocycles. The third-order valence-corrected chi connectivity index (χ3v) is 7.22. The molecule has 3 aromatic carbocycles. The highest BCUT2D eigenvalue weighted by Crippen LogP contribution is 2.38. The molecule has 0 aliphatic rings. The van der Waals surface area contributed by atoms with Crippen molar-refractivity contribution in [2.24, 2.45) is 0 Å².